The van der Waals surface area contributed by atoms with Crippen molar-refractivity contribution in [2.24, 2.45) is 5.92 Å². The summed E-state index contributed by atoms with van der Waals surface area (Å²) < 4.78 is 2.60. The molecule has 196 valence electrons. The van der Waals surface area contributed by atoms with Gasteiger partial charge in [-0.2, -0.15) is 11.3 Å². The third-order valence-corrected chi connectivity index (χ3v) is 7.67. The van der Waals surface area contributed by atoms with Gasteiger partial charge in [-0.15, -0.1) is 0 Å². The molecule has 2 amide bonds. The van der Waals surface area contributed by atoms with E-state index in [1.165, 1.54) is 22.7 Å². The molecule has 1 atom stereocenters. The van der Waals surface area contributed by atoms with Crippen LogP contribution < -0.4 is 16.4 Å². The Balaban J connectivity index is 1.46. The summed E-state index contributed by atoms with van der Waals surface area (Å²) in [7, 11) is 0. The molecular weight excluding hydrogens is 520 g/mol. The number of carbonyl (C=O) groups excluding carboxylic acids is 2. The van der Waals surface area contributed by atoms with E-state index in [1.807, 2.05) is 48.9 Å². The van der Waals surface area contributed by atoms with E-state index >= 15 is 0 Å². The van der Waals surface area contributed by atoms with E-state index in [0.29, 0.717) is 46.6 Å². The summed E-state index contributed by atoms with van der Waals surface area (Å²) in [6, 6.07) is 10.7. The minimum atomic E-state index is -0.388. The maximum absolute atomic E-state index is 13.5. The van der Waals surface area contributed by atoms with Gasteiger partial charge in [0.1, 0.15) is 11.4 Å². The number of nitrogens with one attached hydrogen (secondary N) is 2. The van der Waals surface area contributed by atoms with Crippen LogP contribution in [0.2, 0.25) is 0 Å². The molecule has 0 aliphatic heterocycles. The van der Waals surface area contributed by atoms with E-state index in [9.17, 15) is 14.7 Å². The molecule has 0 radical (unpaired) electrons. The topological polar surface area (TPSA) is 135 Å². The molecule has 0 bridgehead atoms. The monoisotopic (exact) mass is 548 g/mol. The molecular formula is C27H28N6O3S2. The molecule has 4 heterocycles. The average molecular weight is 549 g/mol. The molecule has 0 fully saturated rings. The van der Waals surface area contributed by atoms with Crippen molar-refractivity contribution in [3.05, 3.63) is 70.2 Å². The molecule has 0 spiro atoms. The number of thiazole rings is 1. The van der Waals surface area contributed by atoms with Gasteiger partial charge in [0, 0.05) is 23.7 Å². The van der Waals surface area contributed by atoms with E-state index in [4.69, 9.17) is 10.7 Å². The second kappa shape index (κ2) is 10.9. The third-order valence-electron chi connectivity index (χ3n) is 6.14. The van der Waals surface area contributed by atoms with Crippen molar-refractivity contribution in [2.75, 3.05) is 12.3 Å². The van der Waals surface area contributed by atoms with E-state index in [-0.39, 0.29) is 24.5 Å². The maximum Gasteiger partial charge on any atom is 0.270 e. The molecule has 4 aromatic heterocycles. The van der Waals surface area contributed by atoms with Gasteiger partial charge >= 0.3 is 0 Å². The Labute approximate surface area is 227 Å². The number of anilines is 1. The summed E-state index contributed by atoms with van der Waals surface area (Å²) in [5.74, 6) is -0.357. The summed E-state index contributed by atoms with van der Waals surface area (Å²) in [6.07, 6.45) is 2.36. The number of aliphatic hydroxyl groups is 1. The quantitative estimate of drug-likeness (QED) is 0.217. The number of nitrogen functional groups attached to an aromatic ring is 1. The second-order valence-corrected chi connectivity index (χ2v) is 11.3. The largest absolute Gasteiger partial charge is 0.394 e. The van der Waals surface area contributed by atoms with Gasteiger partial charge in [-0.05, 0) is 53.6 Å². The number of hydrogen-bond acceptors (Lipinski definition) is 8. The number of pyridine rings is 1. The zero-order valence-corrected chi connectivity index (χ0v) is 22.6. The molecule has 11 heteroatoms. The number of aromatic nitrogens is 3. The summed E-state index contributed by atoms with van der Waals surface area (Å²) in [4.78, 5) is 35.8. The third kappa shape index (κ3) is 5.26. The molecule has 5 aromatic rings. The van der Waals surface area contributed by atoms with Gasteiger partial charge in [0.15, 0.2) is 10.8 Å². The van der Waals surface area contributed by atoms with Crippen LogP contribution in [0.25, 0.3) is 27.1 Å². The molecule has 0 unspecified atom stereocenters. The lowest BCUT2D eigenvalue weighted by Gasteiger charge is -2.18. The standard InChI is InChI=1S/C27H28N6O3S2/c1-15(2)10-18(13-34)30-26(36)23-22(17-7-9-37-14-17)32-24-19(4-3-8-33(23)24)25(35)29-12-16-5-6-20-21(11-16)38-27(28)31-20/h3-9,11,14-15,18,34H,10,12-13H2,1-2H3,(H2,28,31)(H,29,35)(H,30,36)/t18-/m1/s1. The first-order valence-corrected chi connectivity index (χ1v) is 14.0. The molecule has 38 heavy (non-hydrogen) atoms. The predicted octanol–water partition coefficient (Wildman–Crippen LogP) is 4.32. The Kier molecular flexibility index (Phi) is 7.41. The van der Waals surface area contributed by atoms with E-state index in [2.05, 4.69) is 15.6 Å². The number of fused-ring (bicyclic) bond motifs is 2. The number of hydrogen-bond donors (Lipinski definition) is 4. The number of rotatable bonds is 9. The Hall–Kier alpha value is -3.80. The lowest BCUT2D eigenvalue weighted by Crippen LogP contribution is -2.39. The van der Waals surface area contributed by atoms with Crippen molar-refractivity contribution in [3.8, 4) is 11.3 Å². The average Bonchev–Trinajstić information content (AvgIpc) is 3.63. The summed E-state index contributed by atoms with van der Waals surface area (Å²) >= 11 is 2.90. The lowest BCUT2D eigenvalue weighted by molar-refractivity contribution is 0.0901. The smallest absolute Gasteiger partial charge is 0.270 e. The van der Waals surface area contributed by atoms with E-state index < -0.39 is 0 Å². The molecule has 0 saturated heterocycles. The minimum absolute atomic E-state index is 0.165. The van der Waals surface area contributed by atoms with Crippen LogP contribution >= 0.6 is 22.7 Å². The lowest BCUT2D eigenvalue weighted by atomic mass is 10.0. The highest BCUT2D eigenvalue weighted by atomic mass is 32.1. The minimum Gasteiger partial charge on any atom is -0.394 e. The molecule has 0 aliphatic rings. The first kappa shape index (κ1) is 25.8. The molecule has 0 aliphatic carbocycles. The van der Waals surface area contributed by atoms with Crippen molar-refractivity contribution < 1.29 is 14.7 Å². The number of amides is 2. The normalized spacial score (nSPS) is 12.3. The van der Waals surface area contributed by atoms with E-state index in [1.54, 1.807) is 22.7 Å². The van der Waals surface area contributed by atoms with Crippen LogP contribution in [0.1, 0.15) is 46.7 Å². The van der Waals surface area contributed by atoms with Crippen LogP contribution in [0.4, 0.5) is 5.13 Å². The van der Waals surface area contributed by atoms with Crippen molar-refractivity contribution in [2.45, 2.75) is 32.9 Å². The Morgan fingerprint density at radius 3 is 2.74 bits per heavy atom. The molecule has 9 nitrogen and oxygen atoms in total. The van der Waals surface area contributed by atoms with Crippen LogP contribution in [0, 0.1) is 5.92 Å². The van der Waals surface area contributed by atoms with Crippen LogP contribution in [-0.4, -0.2) is 43.9 Å². The predicted molar refractivity (Wildman–Crippen MR) is 152 cm³/mol. The van der Waals surface area contributed by atoms with Gasteiger partial charge in [-0.25, -0.2) is 9.97 Å². The van der Waals surface area contributed by atoms with Gasteiger partial charge in [0.05, 0.1) is 28.4 Å². The van der Waals surface area contributed by atoms with Crippen molar-refractivity contribution in [1.29, 1.82) is 0 Å². The Morgan fingerprint density at radius 1 is 1.16 bits per heavy atom. The van der Waals surface area contributed by atoms with Gasteiger partial charge < -0.3 is 21.5 Å². The van der Waals surface area contributed by atoms with Gasteiger partial charge in [-0.1, -0.05) is 31.3 Å². The number of benzene rings is 1. The van der Waals surface area contributed by atoms with E-state index in [0.717, 1.165) is 21.3 Å². The Morgan fingerprint density at radius 2 is 2.00 bits per heavy atom. The SMILES string of the molecule is CC(C)C[C@H](CO)NC(=O)c1c(-c2ccsc2)nc2c(C(=O)NCc3ccc4nc(N)sc4c3)cccn12. The highest BCUT2D eigenvalue weighted by molar-refractivity contribution is 7.22. The summed E-state index contributed by atoms with van der Waals surface area (Å²) in [5, 5.41) is 20.1. The highest BCUT2D eigenvalue weighted by Gasteiger charge is 2.25. The van der Waals surface area contributed by atoms with Crippen LogP contribution in [-0.2, 0) is 6.54 Å². The highest BCUT2D eigenvalue weighted by Crippen LogP contribution is 2.28. The number of aliphatic hydroxyl groups excluding tert-OH is 1. The molecule has 5 N–H and O–H groups in total. The second-order valence-electron chi connectivity index (χ2n) is 9.46. The van der Waals surface area contributed by atoms with Crippen molar-refractivity contribution in [3.63, 3.8) is 0 Å². The molecule has 0 saturated carbocycles. The maximum atomic E-state index is 13.5. The number of carbonyl (C=O) groups is 2. The van der Waals surface area contributed by atoms with Gasteiger partial charge in [-0.3, -0.25) is 14.0 Å². The van der Waals surface area contributed by atoms with Gasteiger partial charge in [0.2, 0.25) is 0 Å². The number of thiophene rings is 1. The van der Waals surface area contributed by atoms with Crippen molar-refractivity contribution in [1.82, 2.24) is 25.0 Å². The number of imidazole rings is 1. The fourth-order valence-corrected chi connectivity index (χ4v) is 5.88. The Bertz CT molecular complexity index is 1610. The fourth-order valence-electron chi connectivity index (χ4n) is 4.44. The zero-order valence-electron chi connectivity index (χ0n) is 21.0. The molecule has 1 aromatic carbocycles. The van der Waals surface area contributed by atoms with Crippen LogP contribution in [0.3, 0.4) is 0 Å². The number of nitrogens with zero attached hydrogens (tertiary/aromatic N) is 3. The van der Waals surface area contributed by atoms with Crippen molar-refractivity contribution >= 4 is 55.5 Å². The summed E-state index contributed by atoms with van der Waals surface area (Å²) in [6.45, 7) is 4.22. The fraction of sp³-hybridized carbons (Fsp3) is 0.259. The van der Waals surface area contributed by atoms with Gasteiger partial charge in [0.25, 0.3) is 11.8 Å². The first-order chi connectivity index (χ1) is 18.3. The van der Waals surface area contributed by atoms with Crippen LogP contribution in [0.5, 0.6) is 0 Å². The van der Waals surface area contributed by atoms with Crippen LogP contribution in [0.15, 0.2) is 53.4 Å². The number of nitrogens with two attached hydrogens (primary N) is 1. The molecule has 5 rings (SSSR count). The zero-order chi connectivity index (χ0) is 26.8. The first-order valence-electron chi connectivity index (χ1n) is 12.2. The summed E-state index contributed by atoms with van der Waals surface area (Å²) in [5.41, 5.74) is 9.88.